The van der Waals surface area contributed by atoms with Crippen molar-refractivity contribution in [1.29, 1.82) is 0 Å². The first-order valence-corrected chi connectivity index (χ1v) is 12.7. The molecule has 0 radical (unpaired) electrons. The minimum atomic E-state index is -1.62. The zero-order valence-electron chi connectivity index (χ0n) is 21.4. The van der Waals surface area contributed by atoms with Gasteiger partial charge in [-0.2, -0.15) is 0 Å². The summed E-state index contributed by atoms with van der Waals surface area (Å²) >= 11 is 5.85. The van der Waals surface area contributed by atoms with Crippen LogP contribution in [0.15, 0.2) is 96.1 Å². The van der Waals surface area contributed by atoms with Crippen LogP contribution in [0.2, 0.25) is 5.15 Å². The molecule has 10 heteroatoms. The molecule has 4 aromatic rings. The number of benzene rings is 3. The predicted octanol–water partition coefficient (Wildman–Crippen LogP) is 4.89. The van der Waals surface area contributed by atoms with Crippen LogP contribution in [0.4, 0.5) is 8.78 Å². The lowest BCUT2D eigenvalue weighted by Crippen LogP contribution is -2.43. The first kappa shape index (κ1) is 27.0. The van der Waals surface area contributed by atoms with Gasteiger partial charge in [-0.25, -0.2) is 18.8 Å². The number of guanidine groups is 1. The Balaban J connectivity index is 1.42. The second kappa shape index (κ2) is 10.9. The monoisotopic (exact) mass is 559 g/mol. The number of halogens is 3. The van der Waals surface area contributed by atoms with Crippen LogP contribution in [-0.4, -0.2) is 39.6 Å². The first-order chi connectivity index (χ1) is 19.2. The lowest BCUT2D eigenvalue weighted by molar-refractivity contribution is -0.130. The number of aromatic nitrogens is 1. The molecule has 7 nitrogen and oxygen atoms in total. The summed E-state index contributed by atoms with van der Waals surface area (Å²) in [6, 6.07) is 21.1. The maximum absolute atomic E-state index is 14.0. The van der Waals surface area contributed by atoms with Gasteiger partial charge in [-0.15, -0.1) is 0 Å². The fraction of sp³-hybridized carbons (Fsp3) is 0.133. The number of amides is 2. The molecule has 2 heterocycles. The average molecular weight is 560 g/mol. The third kappa shape index (κ3) is 5.15. The van der Waals surface area contributed by atoms with E-state index < -0.39 is 23.1 Å². The molecule has 5 rings (SSSR count). The Hall–Kier alpha value is -4.63. The van der Waals surface area contributed by atoms with Crippen LogP contribution in [0.3, 0.4) is 0 Å². The summed E-state index contributed by atoms with van der Waals surface area (Å²) in [5, 5.41) is 0.368. The molecule has 1 aliphatic heterocycles. The summed E-state index contributed by atoms with van der Waals surface area (Å²) in [6.45, 7) is 0.361. The van der Waals surface area contributed by atoms with Gasteiger partial charge in [0.15, 0.2) is 11.5 Å². The van der Waals surface area contributed by atoms with E-state index in [0.717, 1.165) is 5.56 Å². The van der Waals surface area contributed by atoms with Gasteiger partial charge >= 0.3 is 0 Å². The van der Waals surface area contributed by atoms with E-state index in [1.165, 1.54) is 53.4 Å². The minimum absolute atomic E-state index is 0.0320. The van der Waals surface area contributed by atoms with Crippen LogP contribution in [-0.2, 0) is 23.4 Å². The predicted molar refractivity (Wildman–Crippen MR) is 147 cm³/mol. The van der Waals surface area contributed by atoms with Gasteiger partial charge in [-0.1, -0.05) is 54.1 Å². The molecule has 0 atom stereocenters. The highest BCUT2D eigenvalue weighted by atomic mass is 35.5. The molecule has 0 aliphatic carbocycles. The Bertz CT molecular complexity index is 1550. The molecular formula is C30H24ClF2N5O2. The first-order valence-electron chi connectivity index (χ1n) is 12.3. The summed E-state index contributed by atoms with van der Waals surface area (Å²) in [6.07, 6.45) is 1.61. The van der Waals surface area contributed by atoms with Crippen molar-refractivity contribution in [2.75, 3.05) is 7.05 Å². The Morgan fingerprint density at radius 3 is 2.15 bits per heavy atom. The molecule has 0 spiro atoms. The molecule has 0 saturated carbocycles. The number of rotatable bonds is 7. The second-order valence-corrected chi connectivity index (χ2v) is 9.82. The summed E-state index contributed by atoms with van der Waals surface area (Å²) in [4.78, 5) is 38.6. The van der Waals surface area contributed by atoms with Gasteiger partial charge in [0.05, 0.1) is 6.54 Å². The number of aliphatic imine (C=N–C) groups is 1. The standard InChI is InChI=1S/C30H24ClF2N5O2/c1-37(17-20-5-14-26(31)35-16-20)27(39)21-4-2-3-19(15-21)18-38-28(40)30(36-29(38)34,22-6-10-24(32)11-7-22)23-8-12-25(33)13-9-23/h2-16H,17-18H2,1H3,(H2,34,36). The van der Waals surface area contributed by atoms with Gasteiger partial charge in [-0.3, -0.25) is 14.5 Å². The third-order valence-electron chi connectivity index (χ3n) is 6.71. The minimum Gasteiger partial charge on any atom is -0.369 e. The molecule has 0 fully saturated rings. The summed E-state index contributed by atoms with van der Waals surface area (Å²) in [5.74, 6) is -1.71. The Morgan fingerprint density at radius 1 is 0.950 bits per heavy atom. The van der Waals surface area contributed by atoms with Gasteiger partial charge in [0, 0.05) is 25.4 Å². The van der Waals surface area contributed by atoms with E-state index in [2.05, 4.69) is 9.98 Å². The van der Waals surface area contributed by atoms with Crippen LogP contribution < -0.4 is 5.73 Å². The summed E-state index contributed by atoms with van der Waals surface area (Å²) < 4.78 is 27.5. The van der Waals surface area contributed by atoms with Crippen LogP contribution in [0.5, 0.6) is 0 Å². The van der Waals surface area contributed by atoms with Gasteiger partial charge in [-0.05, 0) is 64.7 Å². The molecule has 0 saturated heterocycles. The summed E-state index contributed by atoms with van der Waals surface area (Å²) in [7, 11) is 1.68. The Kier molecular flexibility index (Phi) is 7.32. The largest absolute Gasteiger partial charge is 0.369 e. The number of hydrogen-bond donors (Lipinski definition) is 1. The SMILES string of the molecule is CN(Cc1ccc(Cl)nc1)C(=O)c1cccc(CN2C(=O)C(c3ccc(F)cc3)(c3ccc(F)cc3)N=C2N)c1. The van der Waals surface area contributed by atoms with E-state index in [1.807, 2.05) is 0 Å². The number of carbonyl (C=O) groups excluding carboxylic acids is 2. The molecule has 1 aliphatic rings. The van der Waals surface area contributed by atoms with Crippen molar-refractivity contribution in [1.82, 2.24) is 14.8 Å². The van der Waals surface area contributed by atoms with E-state index in [4.69, 9.17) is 17.3 Å². The van der Waals surface area contributed by atoms with Crippen LogP contribution in [0.1, 0.15) is 32.6 Å². The fourth-order valence-electron chi connectivity index (χ4n) is 4.71. The Labute approximate surface area is 234 Å². The van der Waals surface area contributed by atoms with Crippen LogP contribution in [0.25, 0.3) is 0 Å². The lowest BCUT2D eigenvalue weighted by Gasteiger charge is -2.27. The quantitative estimate of drug-likeness (QED) is 0.327. The fourth-order valence-corrected chi connectivity index (χ4v) is 4.82. The molecule has 202 valence electrons. The topological polar surface area (TPSA) is 91.9 Å². The number of pyridine rings is 1. The molecule has 0 unspecified atom stereocenters. The van der Waals surface area contributed by atoms with Crippen LogP contribution >= 0.6 is 11.6 Å². The maximum Gasteiger partial charge on any atom is 0.266 e. The number of carbonyl (C=O) groups is 2. The van der Waals surface area contributed by atoms with E-state index in [0.29, 0.717) is 34.0 Å². The smallest absolute Gasteiger partial charge is 0.266 e. The van der Waals surface area contributed by atoms with Crippen molar-refractivity contribution in [2.45, 2.75) is 18.6 Å². The van der Waals surface area contributed by atoms with Crippen LogP contribution in [0, 0.1) is 11.6 Å². The molecule has 0 bridgehead atoms. The molecule has 2 amide bonds. The highest BCUT2D eigenvalue weighted by molar-refractivity contribution is 6.29. The van der Waals surface area contributed by atoms with Crippen molar-refractivity contribution in [3.05, 3.63) is 136 Å². The third-order valence-corrected chi connectivity index (χ3v) is 6.93. The number of nitrogens with zero attached hydrogens (tertiary/aromatic N) is 4. The zero-order valence-corrected chi connectivity index (χ0v) is 22.1. The van der Waals surface area contributed by atoms with Crippen molar-refractivity contribution >= 4 is 29.4 Å². The highest BCUT2D eigenvalue weighted by Gasteiger charge is 2.50. The molecule has 1 aromatic heterocycles. The van der Waals surface area contributed by atoms with Gasteiger partial charge < -0.3 is 10.6 Å². The van der Waals surface area contributed by atoms with Crippen molar-refractivity contribution in [3.63, 3.8) is 0 Å². The molecule has 40 heavy (non-hydrogen) atoms. The normalized spacial score (nSPS) is 14.2. The zero-order chi connectivity index (χ0) is 28.4. The van der Waals surface area contributed by atoms with E-state index in [9.17, 15) is 18.4 Å². The number of nitrogens with two attached hydrogens (primary N) is 1. The molecular weight excluding hydrogens is 536 g/mol. The van der Waals surface area contributed by atoms with E-state index >= 15 is 0 Å². The Morgan fingerprint density at radius 2 is 1.57 bits per heavy atom. The van der Waals surface area contributed by atoms with E-state index in [-0.39, 0.29) is 18.4 Å². The van der Waals surface area contributed by atoms with E-state index in [1.54, 1.807) is 54.5 Å². The maximum atomic E-state index is 14.0. The molecule has 3 aromatic carbocycles. The highest BCUT2D eigenvalue weighted by Crippen LogP contribution is 2.40. The molecule has 2 N–H and O–H groups in total. The van der Waals surface area contributed by atoms with Gasteiger partial charge in [0.1, 0.15) is 16.8 Å². The van der Waals surface area contributed by atoms with Gasteiger partial charge in [0.25, 0.3) is 11.8 Å². The lowest BCUT2D eigenvalue weighted by atomic mass is 9.82. The van der Waals surface area contributed by atoms with Crippen molar-refractivity contribution < 1.29 is 18.4 Å². The second-order valence-electron chi connectivity index (χ2n) is 9.44. The van der Waals surface area contributed by atoms with Crippen molar-refractivity contribution in [2.24, 2.45) is 10.7 Å². The van der Waals surface area contributed by atoms with Gasteiger partial charge in [0.2, 0.25) is 0 Å². The average Bonchev–Trinajstić information content (AvgIpc) is 3.20. The number of hydrogen-bond acceptors (Lipinski definition) is 5. The summed E-state index contributed by atoms with van der Waals surface area (Å²) in [5.41, 5.74) is 7.33. The van der Waals surface area contributed by atoms with Crippen molar-refractivity contribution in [3.8, 4) is 0 Å².